The van der Waals surface area contributed by atoms with Crippen molar-refractivity contribution >= 4 is 0 Å². The number of rotatable bonds is 10. The molecule has 3 N–H and O–H groups in total. The summed E-state index contributed by atoms with van der Waals surface area (Å²) in [7, 11) is 0. The van der Waals surface area contributed by atoms with Crippen LogP contribution in [0.25, 0.3) is 0 Å². The number of hydrogen-bond donors (Lipinski definition) is 3. The molecule has 0 radical (unpaired) electrons. The lowest BCUT2D eigenvalue weighted by molar-refractivity contribution is 0.0217. The van der Waals surface area contributed by atoms with Crippen molar-refractivity contribution < 1.29 is 15.3 Å². The quantitative estimate of drug-likeness (QED) is 0.201. The number of aliphatic hydroxyl groups is 3. The third kappa shape index (κ3) is 5.45. The van der Waals surface area contributed by atoms with E-state index in [1.165, 1.54) is 50.5 Å². The molecule has 0 amide bonds. The van der Waals surface area contributed by atoms with Crippen LogP contribution < -0.4 is 0 Å². The molecule has 7 unspecified atom stereocenters. The highest BCUT2D eigenvalue weighted by Crippen LogP contribution is 2.66. The van der Waals surface area contributed by atoms with Gasteiger partial charge in [-0.2, -0.15) is 0 Å². The molecule has 7 atom stereocenters. The van der Waals surface area contributed by atoms with Crippen molar-refractivity contribution in [3.05, 3.63) is 59.8 Å². The molecule has 0 aromatic carbocycles. The summed E-state index contributed by atoms with van der Waals surface area (Å²) in [5.41, 5.74) is 4.80. The van der Waals surface area contributed by atoms with Crippen LogP contribution in [0.4, 0.5) is 0 Å². The Kier molecular flexibility index (Phi) is 9.02. The molecule has 0 bridgehead atoms. The van der Waals surface area contributed by atoms with Gasteiger partial charge in [0.05, 0.1) is 18.3 Å². The van der Waals surface area contributed by atoms with Gasteiger partial charge in [0.2, 0.25) is 0 Å². The molecule has 4 aliphatic carbocycles. The highest BCUT2D eigenvalue weighted by Gasteiger charge is 2.57. The Labute approximate surface area is 232 Å². The minimum absolute atomic E-state index is 0.0755. The maximum Gasteiger partial charge on any atom is 0.0814 e. The minimum Gasteiger partial charge on any atom is -0.388 e. The summed E-state index contributed by atoms with van der Waals surface area (Å²) in [6.45, 7) is 17.8. The zero-order chi connectivity index (χ0) is 27.7. The topological polar surface area (TPSA) is 60.7 Å². The molecule has 4 fully saturated rings. The number of fused-ring (bicyclic) bond motifs is 1. The van der Waals surface area contributed by atoms with Gasteiger partial charge in [-0.05, 0) is 98.9 Å². The second kappa shape index (κ2) is 11.6. The average Bonchev–Trinajstić information content (AvgIpc) is 3.65. The zero-order valence-electron chi connectivity index (χ0n) is 24.6. The van der Waals surface area contributed by atoms with E-state index in [2.05, 4.69) is 65.2 Å². The first-order valence-corrected chi connectivity index (χ1v) is 15.5. The molecular formula is C35H54O3. The molecule has 4 rings (SSSR count). The van der Waals surface area contributed by atoms with Crippen molar-refractivity contribution in [3.63, 3.8) is 0 Å². The van der Waals surface area contributed by atoms with E-state index >= 15 is 0 Å². The van der Waals surface area contributed by atoms with Gasteiger partial charge in [0.25, 0.3) is 0 Å². The van der Waals surface area contributed by atoms with Crippen LogP contribution in [0.5, 0.6) is 0 Å². The van der Waals surface area contributed by atoms with Gasteiger partial charge in [0, 0.05) is 5.41 Å². The van der Waals surface area contributed by atoms with Gasteiger partial charge in [-0.25, -0.2) is 0 Å². The van der Waals surface area contributed by atoms with Crippen LogP contribution in [0.3, 0.4) is 0 Å². The zero-order valence-corrected chi connectivity index (χ0v) is 24.6. The van der Waals surface area contributed by atoms with Crippen molar-refractivity contribution in [1.29, 1.82) is 0 Å². The Morgan fingerprint density at radius 3 is 2.34 bits per heavy atom. The van der Waals surface area contributed by atoms with Crippen LogP contribution in [0, 0.1) is 28.1 Å². The lowest BCUT2D eigenvalue weighted by atomic mass is 9.54. The SMILES string of the molecule is C=C1C(O)CC(=CC=C2CCCC3(C)C2CCC3(C)C(C)C=CC(O)C2(C(=C)CCCCC)CC2)CC1O. The predicted molar refractivity (Wildman–Crippen MR) is 159 cm³/mol. The second-order valence-electron chi connectivity index (χ2n) is 13.7. The fraction of sp³-hybridized carbons (Fsp3) is 0.714. The fourth-order valence-corrected chi connectivity index (χ4v) is 8.21. The van der Waals surface area contributed by atoms with Gasteiger partial charge in [0.15, 0.2) is 0 Å². The standard InChI is InChI=1S/C35H54O3/c1-7-8-9-11-25(3)35(20-21-35)32(38)16-13-24(2)33(5)19-17-29-28(12-10-18-34(29,33)6)15-14-27-22-30(36)26(4)31(37)23-27/h13-16,24,29-32,36-38H,3-4,7-12,17-23H2,1-2,5-6H3. The number of aliphatic hydroxyl groups excluding tert-OH is 3. The monoisotopic (exact) mass is 522 g/mol. The summed E-state index contributed by atoms with van der Waals surface area (Å²) in [5, 5.41) is 31.7. The van der Waals surface area contributed by atoms with Crippen LogP contribution in [0.15, 0.2) is 59.8 Å². The summed E-state index contributed by atoms with van der Waals surface area (Å²) in [6.07, 6.45) is 21.2. The van der Waals surface area contributed by atoms with E-state index in [-0.39, 0.29) is 16.2 Å². The van der Waals surface area contributed by atoms with Crippen molar-refractivity contribution in [2.24, 2.45) is 28.1 Å². The third-order valence-electron chi connectivity index (χ3n) is 11.7. The van der Waals surface area contributed by atoms with Crippen LogP contribution >= 0.6 is 0 Å². The van der Waals surface area contributed by atoms with Gasteiger partial charge >= 0.3 is 0 Å². The minimum atomic E-state index is -0.638. The number of unbranched alkanes of at least 4 members (excludes halogenated alkanes) is 2. The van der Waals surface area contributed by atoms with E-state index in [4.69, 9.17) is 0 Å². The second-order valence-corrected chi connectivity index (χ2v) is 13.7. The Morgan fingerprint density at radius 1 is 1.03 bits per heavy atom. The first-order chi connectivity index (χ1) is 18.0. The van der Waals surface area contributed by atoms with Crippen molar-refractivity contribution in [2.75, 3.05) is 0 Å². The normalized spacial score (nSPS) is 37.3. The molecule has 3 nitrogen and oxygen atoms in total. The highest BCUT2D eigenvalue weighted by atomic mass is 16.3. The number of allylic oxidation sites excluding steroid dienone is 4. The molecule has 0 spiro atoms. The summed E-state index contributed by atoms with van der Waals surface area (Å²) in [5.74, 6) is 0.962. The van der Waals surface area contributed by atoms with E-state index < -0.39 is 18.3 Å². The highest BCUT2D eigenvalue weighted by molar-refractivity contribution is 5.31. The van der Waals surface area contributed by atoms with Gasteiger partial charge < -0.3 is 15.3 Å². The maximum atomic E-state index is 11.2. The van der Waals surface area contributed by atoms with E-state index in [0.29, 0.717) is 30.3 Å². The molecule has 0 aromatic rings. The van der Waals surface area contributed by atoms with E-state index in [1.807, 2.05) is 0 Å². The molecule has 3 heteroatoms. The lowest BCUT2D eigenvalue weighted by Gasteiger charge is -2.51. The molecule has 212 valence electrons. The van der Waals surface area contributed by atoms with E-state index in [0.717, 1.165) is 31.3 Å². The molecule has 38 heavy (non-hydrogen) atoms. The molecule has 0 aromatic heterocycles. The van der Waals surface area contributed by atoms with Gasteiger partial charge in [-0.3, -0.25) is 0 Å². The molecule has 4 aliphatic rings. The van der Waals surface area contributed by atoms with Crippen molar-refractivity contribution in [1.82, 2.24) is 0 Å². The third-order valence-corrected chi connectivity index (χ3v) is 11.7. The fourth-order valence-electron chi connectivity index (χ4n) is 8.21. The predicted octanol–water partition coefficient (Wildman–Crippen LogP) is 7.99. The Hall–Kier alpha value is -1.42. The van der Waals surface area contributed by atoms with Crippen molar-refractivity contribution in [3.8, 4) is 0 Å². The molecule has 0 heterocycles. The first kappa shape index (κ1) is 29.6. The largest absolute Gasteiger partial charge is 0.388 e. The molecule has 0 aliphatic heterocycles. The van der Waals surface area contributed by atoms with Crippen LogP contribution in [0.1, 0.15) is 111 Å². The molecule has 0 saturated heterocycles. The summed E-state index contributed by atoms with van der Waals surface area (Å²) < 4.78 is 0. The Balaban J connectivity index is 1.45. The van der Waals surface area contributed by atoms with Crippen LogP contribution in [0.2, 0.25) is 0 Å². The van der Waals surface area contributed by atoms with Gasteiger partial charge in [0.1, 0.15) is 0 Å². The van der Waals surface area contributed by atoms with Crippen LogP contribution in [-0.4, -0.2) is 33.6 Å². The van der Waals surface area contributed by atoms with Gasteiger partial charge in [-0.15, -0.1) is 0 Å². The lowest BCUT2D eigenvalue weighted by Crippen LogP contribution is -2.43. The Morgan fingerprint density at radius 2 is 1.71 bits per heavy atom. The molecular weight excluding hydrogens is 468 g/mol. The first-order valence-electron chi connectivity index (χ1n) is 15.5. The van der Waals surface area contributed by atoms with Crippen LogP contribution in [-0.2, 0) is 0 Å². The average molecular weight is 523 g/mol. The summed E-state index contributed by atoms with van der Waals surface area (Å²) in [4.78, 5) is 0. The smallest absolute Gasteiger partial charge is 0.0814 e. The summed E-state index contributed by atoms with van der Waals surface area (Å²) >= 11 is 0. The molecule has 4 saturated carbocycles. The summed E-state index contributed by atoms with van der Waals surface area (Å²) in [6, 6.07) is 0. The van der Waals surface area contributed by atoms with Gasteiger partial charge in [-0.1, -0.05) is 94.7 Å². The van der Waals surface area contributed by atoms with E-state index in [1.54, 1.807) is 5.57 Å². The van der Waals surface area contributed by atoms with Crippen molar-refractivity contribution in [2.45, 2.75) is 129 Å². The number of hydrogen-bond acceptors (Lipinski definition) is 3. The Bertz CT molecular complexity index is 965. The van der Waals surface area contributed by atoms with E-state index in [9.17, 15) is 15.3 Å². The maximum absolute atomic E-state index is 11.2.